The van der Waals surface area contributed by atoms with E-state index >= 15 is 0 Å². The van der Waals surface area contributed by atoms with E-state index in [-0.39, 0.29) is 11.8 Å². The first-order valence-corrected chi connectivity index (χ1v) is 10.9. The van der Waals surface area contributed by atoms with Gasteiger partial charge >= 0.3 is 0 Å². The second-order valence-corrected chi connectivity index (χ2v) is 8.01. The minimum absolute atomic E-state index is 0.226. The molecule has 2 N–H and O–H groups in total. The molecule has 0 atom stereocenters. The van der Waals surface area contributed by atoms with Crippen molar-refractivity contribution in [1.82, 2.24) is 10.7 Å². The largest absolute Gasteiger partial charge is 0.455 e. The second kappa shape index (κ2) is 9.64. The summed E-state index contributed by atoms with van der Waals surface area (Å²) in [5.74, 6) is 0.604. The van der Waals surface area contributed by atoms with Crippen molar-refractivity contribution in [2.75, 3.05) is 6.54 Å². The fourth-order valence-electron chi connectivity index (χ4n) is 4.05. The molecule has 6 nitrogen and oxygen atoms in total. The third-order valence-electron chi connectivity index (χ3n) is 5.76. The second-order valence-electron chi connectivity index (χ2n) is 8.01. The molecular formula is C26H27N3O3. The minimum Gasteiger partial charge on any atom is -0.455 e. The Bertz CT molecular complexity index is 1160. The quantitative estimate of drug-likeness (QED) is 0.572. The minimum atomic E-state index is -0.247. The Morgan fingerprint density at radius 2 is 1.72 bits per heavy atom. The number of fused-ring (bicyclic) bond motifs is 1. The number of hydrogen-bond donors (Lipinski definition) is 2. The molecular weight excluding hydrogens is 402 g/mol. The van der Waals surface area contributed by atoms with Crippen LogP contribution in [0, 0.1) is 13.8 Å². The molecule has 164 valence electrons. The van der Waals surface area contributed by atoms with Crippen molar-refractivity contribution in [1.29, 1.82) is 0 Å². The van der Waals surface area contributed by atoms with E-state index in [2.05, 4.69) is 15.8 Å². The number of furan rings is 1. The molecule has 0 saturated carbocycles. The molecule has 0 aliphatic heterocycles. The zero-order valence-electron chi connectivity index (χ0n) is 18.4. The third kappa shape index (κ3) is 4.64. The SMILES string of the molecule is Cc1ccccc1C(=O)N/N=C1\CCCc2oc(C(=O)NCCc3ccccc3)c(C)c21. The molecule has 0 bridgehead atoms. The van der Waals surface area contributed by atoms with E-state index in [4.69, 9.17) is 4.42 Å². The summed E-state index contributed by atoms with van der Waals surface area (Å²) < 4.78 is 5.94. The van der Waals surface area contributed by atoms with Crippen LogP contribution in [0.2, 0.25) is 0 Å². The summed E-state index contributed by atoms with van der Waals surface area (Å²) in [6.45, 7) is 4.29. The van der Waals surface area contributed by atoms with Crippen molar-refractivity contribution >= 4 is 17.5 Å². The summed E-state index contributed by atoms with van der Waals surface area (Å²) in [7, 11) is 0. The Morgan fingerprint density at radius 1 is 0.969 bits per heavy atom. The van der Waals surface area contributed by atoms with Gasteiger partial charge in [0.05, 0.1) is 5.71 Å². The van der Waals surface area contributed by atoms with Crippen LogP contribution in [0.3, 0.4) is 0 Å². The highest BCUT2D eigenvalue weighted by Gasteiger charge is 2.28. The molecule has 0 fully saturated rings. The Kier molecular flexibility index (Phi) is 6.50. The van der Waals surface area contributed by atoms with E-state index in [1.54, 1.807) is 6.07 Å². The van der Waals surface area contributed by atoms with Gasteiger partial charge in [-0.1, -0.05) is 48.5 Å². The van der Waals surface area contributed by atoms with Crippen LogP contribution in [0.15, 0.2) is 64.1 Å². The van der Waals surface area contributed by atoms with E-state index in [9.17, 15) is 9.59 Å². The predicted molar refractivity (Wildman–Crippen MR) is 124 cm³/mol. The van der Waals surface area contributed by atoms with E-state index in [0.717, 1.165) is 53.8 Å². The summed E-state index contributed by atoms with van der Waals surface area (Å²) in [6.07, 6.45) is 3.08. The van der Waals surface area contributed by atoms with Crippen molar-refractivity contribution in [2.45, 2.75) is 39.5 Å². The molecule has 0 spiro atoms. The maximum absolute atomic E-state index is 12.8. The van der Waals surface area contributed by atoms with Crippen LogP contribution in [0.4, 0.5) is 0 Å². The number of rotatable bonds is 6. The Hall–Kier alpha value is -3.67. The van der Waals surface area contributed by atoms with Crippen molar-refractivity contribution < 1.29 is 14.0 Å². The number of carbonyl (C=O) groups is 2. The molecule has 0 unspecified atom stereocenters. The normalized spacial score (nSPS) is 14.1. The number of benzene rings is 2. The fraction of sp³-hybridized carbons (Fsp3) is 0.269. The summed E-state index contributed by atoms with van der Waals surface area (Å²) in [6, 6.07) is 17.4. The average molecular weight is 430 g/mol. The first-order chi connectivity index (χ1) is 15.5. The number of aryl methyl sites for hydroxylation is 2. The van der Waals surface area contributed by atoms with Gasteiger partial charge < -0.3 is 9.73 Å². The molecule has 3 aromatic rings. The molecule has 1 aromatic heterocycles. The molecule has 1 aliphatic carbocycles. The average Bonchev–Trinajstić information content (AvgIpc) is 3.15. The van der Waals surface area contributed by atoms with Crippen molar-refractivity contribution in [3.05, 3.63) is 93.9 Å². The summed E-state index contributed by atoms with van der Waals surface area (Å²) >= 11 is 0. The topological polar surface area (TPSA) is 83.7 Å². The Balaban J connectivity index is 1.47. The molecule has 1 aliphatic rings. The predicted octanol–water partition coefficient (Wildman–Crippen LogP) is 4.34. The van der Waals surface area contributed by atoms with Gasteiger partial charge in [-0.15, -0.1) is 0 Å². The zero-order chi connectivity index (χ0) is 22.5. The molecule has 2 aromatic carbocycles. The number of hydrogen-bond acceptors (Lipinski definition) is 4. The molecule has 4 rings (SSSR count). The first-order valence-electron chi connectivity index (χ1n) is 10.9. The standard InChI is InChI=1S/C26H27N3O3/c1-17-9-6-7-12-20(17)25(30)29-28-21-13-8-14-22-23(21)18(2)24(32-22)26(31)27-16-15-19-10-4-3-5-11-19/h3-7,9-12H,8,13-16H2,1-2H3,(H,27,31)(H,29,30)/b28-21+. The van der Waals surface area contributed by atoms with Crippen LogP contribution in [0.25, 0.3) is 0 Å². The van der Waals surface area contributed by atoms with Gasteiger partial charge in [0.15, 0.2) is 5.76 Å². The molecule has 32 heavy (non-hydrogen) atoms. The maximum atomic E-state index is 12.8. The summed E-state index contributed by atoms with van der Waals surface area (Å²) in [4.78, 5) is 25.3. The molecule has 2 amide bonds. The van der Waals surface area contributed by atoms with Crippen molar-refractivity contribution in [2.24, 2.45) is 5.10 Å². The third-order valence-corrected chi connectivity index (χ3v) is 5.76. The lowest BCUT2D eigenvalue weighted by atomic mass is 9.93. The molecule has 1 heterocycles. The van der Waals surface area contributed by atoms with Gasteiger partial charge in [0, 0.05) is 29.7 Å². The van der Waals surface area contributed by atoms with Gasteiger partial charge in [0.2, 0.25) is 0 Å². The van der Waals surface area contributed by atoms with Gasteiger partial charge in [0.25, 0.3) is 11.8 Å². The highest BCUT2D eigenvalue weighted by molar-refractivity contribution is 6.07. The molecule has 0 saturated heterocycles. The van der Waals surface area contributed by atoms with E-state index in [1.165, 1.54) is 5.56 Å². The lowest BCUT2D eigenvalue weighted by molar-refractivity contribution is 0.0922. The van der Waals surface area contributed by atoms with E-state index in [0.29, 0.717) is 17.9 Å². The summed E-state index contributed by atoms with van der Waals surface area (Å²) in [5.41, 5.74) is 7.68. The fourth-order valence-corrected chi connectivity index (χ4v) is 4.05. The van der Waals surface area contributed by atoms with Crippen LogP contribution < -0.4 is 10.7 Å². The van der Waals surface area contributed by atoms with Gasteiger partial charge in [-0.3, -0.25) is 9.59 Å². The number of carbonyl (C=O) groups excluding carboxylic acids is 2. The highest BCUT2D eigenvalue weighted by atomic mass is 16.4. The van der Waals surface area contributed by atoms with Crippen LogP contribution in [-0.4, -0.2) is 24.1 Å². The smallest absolute Gasteiger partial charge is 0.287 e. The number of amides is 2. The number of nitrogens with one attached hydrogen (secondary N) is 2. The van der Waals surface area contributed by atoms with Crippen LogP contribution in [0.5, 0.6) is 0 Å². The van der Waals surface area contributed by atoms with Gasteiger partial charge in [0.1, 0.15) is 5.76 Å². The molecule has 6 heteroatoms. The maximum Gasteiger partial charge on any atom is 0.287 e. The summed E-state index contributed by atoms with van der Waals surface area (Å²) in [5, 5.41) is 7.35. The Morgan fingerprint density at radius 3 is 2.50 bits per heavy atom. The Labute approximate surface area is 187 Å². The highest BCUT2D eigenvalue weighted by Crippen LogP contribution is 2.29. The van der Waals surface area contributed by atoms with Crippen molar-refractivity contribution in [3.63, 3.8) is 0 Å². The van der Waals surface area contributed by atoms with Gasteiger partial charge in [-0.25, -0.2) is 5.43 Å². The van der Waals surface area contributed by atoms with Crippen LogP contribution >= 0.6 is 0 Å². The van der Waals surface area contributed by atoms with Crippen LogP contribution in [0.1, 0.15) is 61.8 Å². The van der Waals surface area contributed by atoms with Gasteiger partial charge in [-0.05, 0) is 50.3 Å². The van der Waals surface area contributed by atoms with Gasteiger partial charge in [-0.2, -0.15) is 5.10 Å². The first kappa shape index (κ1) is 21.6. The monoisotopic (exact) mass is 429 g/mol. The van der Waals surface area contributed by atoms with E-state index < -0.39 is 0 Å². The lowest BCUT2D eigenvalue weighted by Gasteiger charge is -2.13. The van der Waals surface area contributed by atoms with E-state index in [1.807, 2.05) is 62.4 Å². The molecule has 0 radical (unpaired) electrons. The van der Waals surface area contributed by atoms with Crippen LogP contribution in [-0.2, 0) is 12.8 Å². The zero-order valence-corrected chi connectivity index (χ0v) is 18.4. The number of nitrogens with zero attached hydrogens (tertiary/aromatic N) is 1. The number of hydrazone groups is 1. The lowest BCUT2D eigenvalue weighted by Crippen LogP contribution is -2.26. The van der Waals surface area contributed by atoms with Crippen molar-refractivity contribution in [3.8, 4) is 0 Å².